The van der Waals surface area contributed by atoms with Crippen molar-refractivity contribution in [3.8, 4) is 0 Å². The molecule has 1 aliphatic rings. The zero-order valence-electron chi connectivity index (χ0n) is 11.6. The summed E-state index contributed by atoms with van der Waals surface area (Å²) in [6.45, 7) is 0.252. The Morgan fingerprint density at radius 1 is 1.35 bits per heavy atom. The van der Waals surface area contributed by atoms with E-state index in [1.165, 1.54) is 19.3 Å². The zero-order chi connectivity index (χ0) is 14.5. The Hall–Kier alpha value is -0.650. The van der Waals surface area contributed by atoms with Gasteiger partial charge in [0.2, 0.25) is 0 Å². The van der Waals surface area contributed by atoms with Gasteiger partial charge in [-0.2, -0.15) is 11.8 Å². The highest BCUT2D eigenvalue weighted by Crippen LogP contribution is 2.27. The topological polar surface area (TPSA) is 32.3 Å². The van der Waals surface area contributed by atoms with E-state index in [0.29, 0.717) is 11.3 Å². The van der Waals surface area contributed by atoms with Gasteiger partial charge in [0.25, 0.3) is 0 Å². The van der Waals surface area contributed by atoms with E-state index >= 15 is 0 Å². The molecule has 0 aromatic heterocycles. The Morgan fingerprint density at radius 3 is 2.85 bits per heavy atom. The lowest BCUT2D eigenvalue weighted by molar-refractivity contribution is 0.161. The number of rotatable bonds is 5. The van der Waals surface area contributed by atoms with Crippen LogP contribution in [0, 0.1) is 11.6 Å². The molecule has 3 atom stereocenters. The van der Waals surface area contributed by atoms with Crippen LogP contribution in [0.15, 0.2) is 18.2 Å². The number of halogens is 2. The monoisotopic (exact) mass is 301 g/mol. The molecule has 3 unspecified atom stereocenters. The number of hydrogen-bond acceptors (Lipinski definition) is 3. The minimum Gasteiger partial charge on any atom is -0.387 e. The van der Waals surface area contributed by atoms with E-state index in [0.717, 1.165) is 24.6 Å². The van der Waals surface area contributed by atoms with E-state index in [4.69, 9.17) is 0 Å². The largest absolute Gasteiger partial charge is 0.387 e. The van der Waals surface area contributed by atoms with E-state index in [1.54, 1.807) is 0 Å². The number of benzene rings is 1. The first-order valence-electron chi connectivity index (χ1n) is 7.01. The first-order valence-corrected chi connectivity index (χ1v) is 8.30. The zero-order valence-corrected chi connectivity index (χ0v) is 12.4. The molecule has 1 fully saturated rings. The molecule has 0 spiro atoms. The van der Waals surface area contributed by atoms with Crippen LogP contribution in [0.1, 0.15) is 37.4 Å². The van der Waals surface area contributed by atoms with Crippen molar-refractivity contribution >= 4 is 11.8 Å². The minimum atomic E-state index is -1.02. The highest BCUT2D eigenvalue weighted by Gasteiger charge is 2.25. The summed E-state index contributed by atoms with van der Waals surface area (Å²) >= 11 is 1.83. The standard InChI is InChI=1S/C15H21F2NOS/c1-20-15-5-3-2-4-13(15)18-9-14(19)11-8-10(16)6-7-12(11)17/h6-8,13-15,18-19H,2-5,9H2,1H3. The molecule has 0 bridgehead atoms. The molecular formula is C15H21F2NOS. The highest BCUT2D eigenvalue weighted by atomic mass is 32.2. The Morgan fingerprint density at radius 2 is 2.10 bits per heavy atom. The van der Waals surface area contributed by atoms with Crippen molar-refractivity contribution in [3.63, 3.8) is 0 Å². The van der Waals surface area contributed by atoms with Crippen molar-refractivity contribution in [1.29, 1.82) is 0 Å². The Labute approximate surface area is 123 Å². The summed E-state index contributed by atoms with van der Waals surface area (Å²) < 4.78 is 26.7. The van der Waals surface area contributed by atoms with Crippen LogP contribution in [0.2, 0.25) is 0 Å². The molecule has 112 valence electrons. The fraction of sp³-hybridized carbons (Fsp3) is 0.600. The van der Waals surface area contributed by atoms with Gasteiger partial charge in [-0.25, -0.2) is 8.78 Å². The van der Waals surface area contributed by atoms with Crippen LogP contribution >= 0.6 is 11.8 Å². The molecule has 2 rings (SSSR count). The normalized spacial score (nSPS) is 24.6. The Kier molecular flexibility index (Phi) is 5.81. The van der Waals surface area contributed by atoms with Gasteiger partial charge in [-0.15, -0.1) is 0 Å². The molecule has 2 N–H and O–H groups in total. The molecule has 0 heterocycles. The second-order valence-electron chi connectivity index (χ2n) is 5.25. The summed E-state index contributed by atoms with van der Waals surface area (Å²) in [4.78, 5) is 0. The maximum Gasteiger partial charge on any atom is 0.129 e. The molecule has 1 saturated carbocycles. The van der Waals surface area contributed by atoms with Crippen molar-refractivity contribution in [1.82, 2.24) is 5.32 Å². The van der Waals surface area contributed by atoms with Gasteiger partial charge >= 0.3 is 0 Å². The lowest BCUT2D eigenvalue weighted by Gasteiger charge is -2.31. The average Bonchev–Trinajstić information content (AvgIpc) is 2.47. The summed E-state index contributed by atoms with van der Waals surface area (Å²) in [5.41, 5.74) is 0.0222. The van der Waals surface area contributed by atoms with E-state index in [9.17, 15) is 13.9 Å². The first kappa shape index (κ1) is 15.7. The second-order valence-corrected chi connectivity index (χ2v) is 6.33. The van der Waals surface area contributed by atoms with Crippen molar-refractivity contribution in [3.05, 3.63) is 35.4 Å². The predicted octanol–water partition coefficient (Wildman–Crippen LogP) is 3.26. The number of hydrogen-bond donors (Lipinski definition) is 2. The first-order chi connectivity index (χ1) is 9.61. The maximum absolute atomic E-state index is 13.6. The number of aliphatic hydroxyl groups is 1. The van der Waals surface area contributed by atoms with Crippen LogP contribution < -0.4 is 5.32 Å². The predicted molar refractivity (Wildman–Crippen MR) is 78.9 cm³/mol. The van der Waals surface area contributed by atoms with Gasteiger partial charge in [-0.05, 0) is 37.3 Å². The van der Waals surface area contributed by atoms with Crippen molar-refractivity contribution in [2.45, 2.75) is 43.1 Å². The van der Waals surface area contributed by atoms with Crippen molar-refractivity contribution < 1.29 is 13.9 Å². The second kappa shape index (κ2) is 7.38. The van der Waals surface area contributed by atoms with Crippen LogP contribution in [0.4, 0.5) is 8.78 Å². The summed E-state index contributed by atoms with van der Waals surface area (Å²) in [5.74, 6) is -1.09. The van der Waals surface area contributed by atoms with E-state index in [1.807, 2.05) is 11.8 Å². The summed E-state index contributed by atoms with van der Waals surface area (Å²) in [6, 6.07) is 3.52. The van der Waals surface area contributed by atoms with Crippen LogP contribution in [-0.4, -0.2) is 29.2 Å². The van der Waals surface area contributed by atoms with Crippen molar-refractivity contribution in [2.75, 3.05) is 12.8 Å². The van der Waals surface area contributed by atoms with Gasteiger partial charge in [0.15, 0.2) is 0 Å². The Bertz CT molecular complexity index is 444. The molecule has 1 aromatic carbocycles. The number of thioether (sulfide) groups is 1. The van der Waals surface area contributed by atoms with Crippen LogP contribution in [-0.2, 0) is 0 Å². The molecule has 1 aromatic rings. The molecule has 1 aliphatic carbocycles. The molecule has 0 saturated heterocycles. The van der Waals surface area contributed by atoms with Gasteiger partial charge in [-0.1, -0.05) is 12.8 Å². The van der Waals surface area contributed by atoms with E-state index in [2.05, 4.69) is 11.6 Å². The molecular weight excluding hydrogens is 280 g/mol. The third-order valence-electron chi connectivity index (χ3n) is 3.90. The summed E-state index contributed by atoms with van der Waals surface area (Å²) in [6.07, 6.45) is 5.74. The van der Waals surface area contributed by atoms with Gasteiger partial charge in [0.1, 0.15) is 11.6 Å². The van der Waals surface area contributed by atoms with Crippen molar-refractivity contribution in [2.24, 2.45) is 0 Å². The minimum absolute atomic E-state index is 0.0222. The number of nitrogens with one attached hydrogen (secondary N) is 1. The third kappa shape index (κ3) is 3.93. The molecule has 2 nitrogen and oxygen atoms in total. The molecule has 0 amide bonds. The third-order valence-corrected chi connectivity index (χ3v) is 5.07. The Balaban J connectivity index is 1.94. The number of aliphatic hydroxyl groups excluding tert-OH is 1. The lowest BCUT2D eigenvalue weighted by Crippen LogP contribution is -2.42. The molecule has 0 aliphatic heterocycles. The lowest BCUT2D eigenvalue weighted by atomic mass is 9.94. The van der Waals surface area contributed by atoms with Gasteiger partial charge < -0.3 is 10.4 Å². The molecule has 5 heteroatoms. The van der Waals surface area contributed by atoms with Crippen LogP contribution in [0.5, 0.6) is 0 Å². The van der Waals surface area contributed by atoms with E-state index < -0.39 is 17.7 Å². The van der Waals surface area contributed by atoms with Gasteiger partial charge in [0.05, 0.1) is 6.10 Å². The van der Waals surface area contributed by atoms with Crippen LogP contribution in [0.3, 0.4) is 0 Å². The summed E-state index contributed by atoms with van der Waals surface area (Å²) in [7, 11) is 0. The van der Waals surface area contributed by atoms with Crippen LogP contribution in [0.25, 0.3) is 0 Å². The fourth-order valence-electron chi connectivity index (χ4n) is 2.76. The molecule has 20 heavy (non-hydrogen) atoms. The quantitative estimate of drug-likeness (QED) is 0.875. The maximum atomic E-state index is 13.6. The smallest absolute Gasteiger partial charge is 0.129 e. The molecule has 0 radical (unpaired) electrons. The van der Waals surface area contributed by atoms with Gasteiger partial charge in [-0.3, -0.25) is 0 Å². The van der Waals surface area contributed by atoms with Gasteiger partial charge in [0, 0.05) is 23.4 Å². The average molecular weight is 301 g/mol. The van der Waals surface area contributed by atoms with E-state index in [-0.39, 0.29) is 12.1 Å². The summed E-state index contributed by atoms with van der Waals surface area (Å²) in [5, 5.41) is 13.9. The SMILES string of the molecule is CSC1CCCCC1NCC(O)c1cc(F)ccc1F. The highest BCUT2D eigenvalue weighted by molar-refractivity contribution is 7.99. The fourth-order valence-corrected chi connectivity index (χ4v) is 3.72.